The molecule has 0 bridgehead atoms. The number of aliphatic hydroxyl groups excluding tert-OH is 1. The second-order valence-corrected chi connectivity index (χ2v) is 7.23. The summed E-state index contributed by atoms with van der Waals surface area (Å²) in [4.78, 5) is 10.1. The fraction of sp³-hybridized carbons (Fsp3) is 0.278. The summed E-state index contributed by atoms with van der Waals surface area (Å²) in [5, 5.41) is 10.5. The van der Waals surface area contributed by atoms with Crippen LogP contribution in [0, 0.1) is 4.77 Å². The molecule has 5 nitrogen and oxygen atoms in total. The van der Waals surface area contributed by atoms with Crippen LogP contribution in [0.4, 0.5) is 19.0 Å². The molecule has 1 N–H and O–H groups in total. The van der Waals surface area contributed by atoms with Gasteiger partial charge in [0.1, 0.15) is 11.5 Å². The normalized spacial score (nSPS) is 17.5. The number of pyridine rings is 1. The van der Waals surface area contributed by atoms with E-state index in [4.69, 9.17) is 23.8 Å². The second kappa shape index (κ2) is 6.98. The lowest BCUT2D eigenvalue weighted by atomic mass is 10.2. The second-order valence-electron chi connectivity index (χ2n) is 6.46. The largest absolute Gasteiger partial charge is 0.433 e. The standard InChI is InChI=1S/C18H14ClF3N4OS/c19-12-3-1-2-4-13(12)26-16-11(5-6-14(23-16)18(20,21)22)15(24-17(26)28)25-8-7-10(27)9-25/h1-6,10,27H,7-9H2. The third kappa shape index (κ3) is 3.34. The summed E-state index contributed by atoms with van der Waals surface area (Å²) >= 11 is 11.7. The molecule has 10 heteroatoms. The molecule has 1 saturated heterocycles. The molecule has 1 aliphatic rings. The number of hydrogen-bond donors (Lipinski definition) is 1. The molecule has 1 atom stereocenters. The molecule has 3 aromatic rings. The summed E-state index contributed by atoms with van der Waals surface area (Å²) in [7, 11) is 0. The van der Waals surface area contributed by atoms with Crippen LogP contribution in [0.5, 0.6) is 0 Å². The number of anilines is 1. The monoisotopic (exact) mass is 426 g/mol. The number of aromatic nitrogens is 3. The molecule has 1 fully saturated rings. The van der Waals surface area contributed by atoms with E-state index in [2.05, 4.69) is 9.97 Å². The fourth-order valence-corrected chi connectivity index (χ4v) is 3.76. The van der Waals surface area contributed by atoms with E-state index >= 15 is 0 Å². The molecule has 0 amide bonds. The number of para-hydroxylation sites is 1. The van der Waals surface area contributed by atoms with Crippen molar-refractivity contribution >= 4 is 40.7 Å². The van der Waals surface area contributed by atoms with Gasteiger partial charge in [-0.3, -0.25) is 4.57 Å². The highest BCUT2D eigenvalue weighted by Crippen LogP contribution is 2.34. The van der Waals surface area contributed by atoms with Crippen molar-refractivity contribution in [3.05, 3.63) is 51.9 Å². The van der Waals surface area contributed by atoms with Gasteiger partial charge in [0.2, 0.25) is 4.77 Å². The molecule has 4 rings (SSSR count). The number of β-amino-alcohol motifs (C(OH)–C–C–N with tert-alkyl or cyclic N) is 1. The molecule has 146 valence electrons. The van der Waals surface area contributed by atoms with E-state index < -0.39 is 18.0 Å². The first-order chi connectivity index (χ1) is 13.3. The Morgan fingerprint density at radius 3 is 2.54 bits per heavy atom. The molecule has 1 aliphatic heterocycles. The first-order valence-corrected chi connectivity index (χ1v) is 9.23. The molecular weight excluding hydrogens is 413 g/mol. The lowest BCUT2D eigenvalue weighted by Crippen LogP contribution is -2.24. The smallest absolute Gasteiger partial charge is 0.391 e. The highest BCUT2D eigenvalue weighted by molar-refractivity contribution is 7.71. The van der Waals surface area contributed by atoms with Crippen LogP contribution < -0.4 is 4.90 Å². The van der Waals surface area contributed by atoms with Crippen molar-refractivity contribution in [3.63, 3.8) is 0 Å². The molecule has 0 aliphatic carbocycles. The Hall–Kier alpha value is -2.23. The number of halogens is 4. The van der Waals surface area contributed by atoms with Crippen molar-refractivity contribution in [2.45, 2.75) is 18.7 Å². The quantitative estimate of drug-likeness (QED) is 0.616. The van der Waals surface area contributed by atoms with Gasteiger partial charge < -0.3 is 10.0 Å². The van der Waals surface area contributed by atoms with Crippen LogP contribution in [-0.2, 0) is 6.18 Å². The van der Waals surface area contributed by atoms with E-state index in [9.17, 15) is 18.3 Å². The number of rotatable bonds is 2. The van der Waals surface area contributed by atoms with E-state index in [-0.39, 0.29) is 10.4 Å². The Balaban J connectivity index is 2.05. The summed E-state index contributed by atoms with van der Waals surface area (Å²) in [6.07, 6.45) is -4.59. The number of benzene rings is 1. The fourth-order valence-electron chi connectivity index (χ4n) is 3.27. The van der Waals surface area contributed by atoms with Crippen LogP contribution in [0.1, 0.15) is 12.1 Å². The predicted molar refractivity (Wildman–Crippen MR) is 103 cm³/mol. The highest BCUT2D eigenvalue weighted by atomic mass is 35.5. The number of alkyl halides is 3. The Morgan fingerprint density at radius 1 is 1.14 bits per heavy atom. The lowest BCUT2D eigenvalue weighted by Gasteiger charge is -2.21. The van der Waals surface area contributed by atoms with Gasteiger partial charge in [-0.2, -0.15) is 13.2 Å². The van der Waals surface area contributed by atoms with Crippen LogP contribution >= 0.6 is 23.8 Å². The molecule has 0 saturated carbocycles. The number of hydrogen-bond acceptors (Lipinski definition) is 5. The number of aliphatic hydroxyl groups is 1. The summed E-state index contributed by atoms with van der Waals surface area (Å²) < 4.78 is 41.3. The van der Waals surface area contributed by atoms with Gasteiger partial charge in [0.15, 0.2) is 5.65 Å². The molecule has 1 unspecified atom stereocenters. The third-order valence-corrected chi connectivity index (χ3v) is 5.16. The third-order valence-electron chi connectivity index (χ3n) is 4.57. The van der Waals surface area contributed by atoms with Crippen LogP contribution in [0.25, 0.3) is 16.7 Å². The van der Waals surface area contributed by atoms with Gasteiger partial charge in [0.05, 0.1) is 22.2 Å². The summed E-state index contributed by atoms with van der Waals surface area (Å²) in [6, 6.07) is 8.91. The summed E-state index contributed by atoms with van der Waals surface area (Å²) in [5.41, 5.74) is -0.625. The Morgan fingerprint density at radius 2 is 1.89 bits per heavy atom. The zero-order chi connectivity index (χ0) is 20.1. The van der Waals surface area contributed by atoms with Gasteiger partial charge in [-0.1, -0.05) is 23.7 Å². The summed E-state index contributed by atoms with van der Waals surface area (Å²) in [6.45, 7) is 0.850. The van der Waals surface area contributed by atoms with Crippen molar-refractivity contribution < 1.29 is 18.3 Å². The van der Waals surface area contributed by atoms with Gasteiger partial charge >= 0.3 is 6.18 Å². The van der Waals surface area contributed by atoms with E-state index in [1.807, 2.05) is 0 Å². The van der Waals surface area contributed by atoms with Crippen molar-refractivity contribution in [3.8, 4) is 5.69 Å². The molecule has 0 spiro atoms. The van der Waals surface area contributed by atoms with Crippen molar-refractivity contribution in [2.24, 2.45) is 0 Å². The number of nitrogens with zero attached hydrogens (tertiary/aromatic N) is 4. The summed E-state index contributed by atoms with van der Waals surface area (Å²) in [5.74, 6) is 0.404. The molecule has 3 heterocycles. The lowest BCUT2D eigenvalue weighted by molar-refractivity contribution is -0.141. The predicted octanol–water partition coefficient (Wildman–Crippen LogP) is 4.39. The van der Waals surface area contributed by atoms with Gasteiger partial charge in [0.25, 0.3) is 0 Å². The maximum atomic E-state index is 13.3. The minimum absolute atomic E-state index is 0.0133. The SMILES string of the molecule is OC1CCN(c2nc(=S)n(-c3ccccc3Cl)c3nc(C(F)(F)F)ccc23)C1. The van der Waals surface area contributed by atoms with Crippen molar-refractivity contribution in [2.75, 3.05) is 18.0 Å². The Labute approximate surface area is 168 Å². The van der Waals surface area contributed by atoms with Crippen molar-refractivity contribution in [1.82, 2.24) is 14.5 Å². The molecule has 1 aromatic carbocycles. The van der Waals surface area contributed by atoms with Crippen LogP contribution in [0.3, 0.4) is 0 Å². The Kier molecular flexibility index (Phi) is 4.76. The zero-order valence-electron chi connectivity index (χ0n) is 14.3. The van der Waals surface area contributed by atoms with Gasteiger partial charge in [-0.25, -0.2) is 9.97 Å². The van der Waals surface area contributed by atoms with E-state index in [0.29, 0.717) is 41.4 Å². The highest BCUT2D eigenvalue weighted by Gasteiger charge is 2.34. The van der Waals surface area contributed by atoms with Crippen LogP contribution in [0.2, 0.25) is 5.02 Å². The Bertz CT molecular complexity index is 1120. The first kappa shape index (κ1) is 19.1. The van der Waals surface area contributed by atoms with Crippen molar-refractivity contribution in [1.29, 1.82) is 0 Å². The maximum Gasteiger partial charge on any atom is 0.433 e. The zero-order valence-corrected chi connectivity index (χ0v) is 15.9. The van der Waals surface area contributed by atoms with Gasteiger partial charge in [-0.05, 0) is 42.9 Å². The molecule has 0 radical (unpaired) electrons. The topological polar surface area (TPSA) is 54.2 Å². The van der Waals surface area contributed by atoms with Crippen LogP contribution in [0.15, 0.2) is 36.4 Å². The average Bonchev–Trinajstić information content (AvgIpc) is 3.07. The van der Waals surface area contributed by atoms with E-state index in [0.717, 1.165) is 6.07 Å². The molecule has 28 heavy (non-hydrogen) atoms. The van der Waals surface area contributed by atoms with E-state index in [1.54, 1.807) is 29.2 Å². The molecule has 2 aromatic heterocycles. The first-order valence-electron chi connectivity index (χ1n) is 8.44. The van der Waals surface area contributed by atoms with Gasteiger partial charge in [0, 0.05) is 13.1 Å². The van der Waals surface area contributed by atoms with E-state index in [1.165, 1.54) is 10.6 Å². The maximum absolute atomic E-state index is 13.3. The van der Waals surface area contributed by atoms with Gasteiger partial charge in [-0.15, -0.1) is 0 Å². The van der Waals surface area contributed by atoms with Crippen LogP contribution in [-0.4, -0.2) is 38.8 Å². The average molecular weight is 427 g/mol. The molecular formula is C18H14ClF3N4OS. The minimum Gasteiger partial charge on any atom is -0.391 e. The number of fused-ring (bicyclic) bond motifs is 1. The minimum atomic E-state index is -4.61.